The van der Waals surface area contributed by atoms with Crippen molar-refractivity contribution in [1.29, 1.82) is 0 Å². The predicted octanol–water partition coefficient (Wildman–Crippen LogP) is 0.870. The molecule has 1 amide bonds. The lowest BCUT2D eigenvalue weighted by atomic mass is 10.1. The van der Waals surface area contributed by atoms with Gasteiger partial charge in [0.1, 0.15) is 0 Å². The number of amides is 1. The van der Waals surface area contributed by atoms with E-state index in [1.807, 2.05) is 0 Å². The largest absolute Gasteiger partial charge is 0.449 e. The first-order valence-corrected chi connectivity index (χ1v) is 5.64. The smallest absolute Gasteiger partial charge is 0.339 e. The predicted molar refractivity (Wildman–Crippen MR) is 65.3 cm³/mol. The molecular formula is C12H13N3O4. The number of fused-ring (bicyclic) bond motifs is 1. The van der Waals surface area contributed by atoms with Crippen LogP contribution in [0.4, 0.5) is 0 Å². The standard InChI is InChI=1S/C12H13N3O4/c1-5-4-8(12(17)18-7(3)10(13)16)9-6(2)15-19-11(9)14-5/h4,7H,1-3H3,(H2,13,16)/t7-/m0/s1. The van der Waals surface area contributed by atoms with Crippen molar-refractivity contribution in [2.75, 3.05) is 0 Å². The van der Waals surface area contributed by atoms with E-state index < -0.39 is 18.0 Å². The normalized spacial score (nSPS) is 12.4. The van der Waals surface area contributed by atoms with Crippen LogP contribution in [0, 0.1) is 13.8 Å². The molecular weight excluding hydrogens is 250 g/mol. The maximum atomic E-state index is 12.0. The summed E-state index contributed by atoms with van der Waals surface area (Å²) in [6.07, 6.45) is -1.00. The van der Waals surface area contributed by atoms with Crippen molar-refractivity contribution in [3.05, 3.63) is 23.0 Å². The third kappa shape index (κ3) is 2.40. The van der Waals surface area contributed by atoms with Gasteiger partial charge in [0.15, 0.2) is 6.10 Å². The van der Waals surface area contributed by atoms with E-state index in [1.165, 1.54) is 6.92 Å². The first-order valence-electron chi connectivity index (χ1n) is 5.64. The highest BCUT2D eigenvalue weighted by Gasteiger charge is 2.22. The molecule has 0 aliphatic carbocycles. The zero-order valence-corrected chi connectivity index (χ0v) is 10.8. The van der Waals surface area contributed by atoms with Crippen LogP contribution in [0.1, 0.15) is 28.7 Å². The number of primary amides is 1. The van der Waals surface area contributed by atoms with Crippen LogP contribution in [0.25, 0.3) is 11.1 Å². The van der Waals surface area contributed by atoms with Crippen molar-refractivity contribution in [2.24, 2.45) is 5.73 Å². The number of rotatable bonds is 3. The molecule has 7 nitrogen and oxygen atoms in total. The Bertz CT molecular complexity index is 662. The molecule has 19 heavy (non-hydrogen) atoms. The molecule has 2 aromatic heterocycles. The molecule has 2 rings (SSSR count). The van der Waals surface area contributed by atoms with Crippen LogP contribution in [-0.2, 0) is 9.53 Å². The second-order valence-electron chi connectivity index (χ2n) is 4.21. The van der Waals surface area contributed by atoms with E-state index >= 15 is 0 Å². The van der Waals surface area contributed by atoms with Gasteiger partial charge in [0.05, 0.1) is 16.6 Å². The SMILES string of the molecule is Cc1cc(C(=O)O[C@@H](C)C(N)=O)c2c(C)noc2n1. The molecule has 0 radical (unpaired) electrons. The van der Waals surface area contributed by atoms with E-state index in [9.17, 15) is 9.59 Å². The fourth-order valence-electron chi connectivity index (χ4n) is 1.66. The first kappa shape index (κ1) is 13.0. The molecule has 0 unspecified atom stereocenters. The van der Waals surface area contributed by atoms with E-state index in [4.69, 9.17) is 15.0 Å². The third-order valence-corrected chi connectivity index (χ3v) is 2.65. The molecule has 0 aromatic carbocycles. The number of hydrogen-bond donors (Lipinski definition) is 1. The van der Waals surface area contributed by atoms with Gasteiger partial charge in [-0.2, -0.15) is 0 Å². The summed E-state index contributed by atoms with van der Waals surface area (Å²) in [4.78, 5) is 27.1. The molecule has 2 N–H and O–H groups in total. The van der Waals surface area contributed by atoms with Gasteiger partial charge in [-0.15, -0.1) is 0 Å². The van der Waals surface area contributed by atoms with Crippen LogP contribution in [0.2, 0.25) is 0 Å². The number of nitrogens with zero attached hydrogens (tertiary/aromatic N) is 2. The second kappa shape index (κ2) is 4.68. The lowest BCUT2D eigenvalue weighted by molar-refractivity contribution is -0.125. The summed E-state index contributed by atoms with van der Waals surface area (Å²) in [7, 11) is 0. The highest BCUT2D eigenvalue weighted by atomic mass is 16.5. The van der Waals surface area contributed by atoms with Crippen LogP contribution >= 0.6 is 0 Å². The molecule has 1 atom stereocenters. The lowest BCUT2D eigenvalue weighted by Crippen LogP contribution is -2.30. The molecule has 2 aromatic rings. The Morgan fingerprint density at radius 1 is 1.42 bits per heavy atom. The average molecular weight is 263 g/mol. The molecule has 0 saturated carbocycles. The maximum Gasteiger partial charge on any atom is 0.339 e. The number of aryl methyl sites for hydroxylation is 2. The molecule has 0 aliphatic rings. The average Bonchev–Trinajstić information content (AvgIpc) is 2.69. The third-order valence-electron chi connectivity index (χ3n) is 2.65. The van der Waals surface area contributed by atoms with E-state index in [0.29, 0.717) is 16.8 Å². The number of hydrogen-bond acceptors (Lipinski definition) is 6. The van der Waals surface area contributed by atoms with E-state index in [-0.39, 0.29) is 11.3 Å². The van der Waals surface area contributed by atoms with Crippen LogP contribution in [0.5, 0.6) is 0 Å². The Balaban J connectivity index is 2.46. The van der Waals surface area contributed by atoms with Gasteiger partial charge in [0.25, 0.3) is 11.6 Å². The van der Waals surface area contributed by atoms with Crippen molar-refractivity contribution < 1.29 is 18.8 Å². The Hall–Kier alpha value is -2.44. The van der Waals surface area contributed by atoms with Crippen molar-refractivity contribution in [3.63, 3.8) is 0 Å². The van der Waals surface area contributed by atoms with Crippen molar-refractivity contribution >= 4 is 23.0 Å². The number of carbonyl (C=O) groups is 2. The molecule has 0 spiro atoms. The van der Waals surface area contributed by atoms with Gasteiger partial charge >= 0.3 is 5.97 Å². The Morgan fingerprint density at radius 3 is 2.74 bits per heavy atom. The lowest BCUT2D eigenvalue weighted by Gasteiger charge is -2.10. The van der Waals surface area contributed by atoms with Gasteiger partial charge in [0.2, 0.25) is 0 Å². The second-order valence-corrected chi connectivity index (χ2v) is 4.21. The highest BCUT2D eigenvalue weighted by Crippen LogP contribution is 2.22. The molecule has 0 fully saturated rings. The quantitative estimate of drug-likeness (QED) is 0.823. The van der Waals surface area contributed by atoms with Crippen molar-refractivity contribution in [2.45, 2.75) is 26.9 Å². The number of pyridine rings is 1. The summed E-state index contributed by atoms with van der Waals surface area (Å²) < 4.78 is 9.99. The Kier molecular flexibility index (Phi) is 3.20. The molecule has 100 valence electrons. The van der Waals surface area contributed by atoms with Crippen LogP contribution in [0.3, 0.4) is 0 Å². The summed E-state index contributed by atoms with van der Waals surface area (Å²) in [5.74, 6) is -1.37. The van der Waals surface area contributed by atoms with Gasteiger partial charge in [-0.3, -0.25) is 4.79 Å². The Morgan fingerprint density at radius 2 is 2.11 bits per heavy atom. The fraction of sp³-hybridized carbons (Fsp3) is 0.333. The zero-order chi connectivity index (χ0) is 14.2. The minimum atomic E-state index is -1.00. The summed E-state index contributed by atoms with van der Waals surface area (Å²) in [5, 5.41) is 4.24. The molecule has 0 aliphatic heterocycles. The highest BCUT2D eigenvalue weighted by molar-refractivity contribution is 6.03. The van der Waals surface area contributed by atoms with Crippen LogP contribution < -0.4 is 5.73 Å². The van der Waals surface area contributed by atoms with Crippen molar-refractivity contribution in [1.82, 2.24) is 10.1 Å². The summed E-state index contributed by atoms with van der Waals surface area (Å²) in [6.45, 7) is 4.81. The molecule has 7 heteroatoms. The minimum Gasteiger partial charge on any atom is -0.449 e. The minimum absolute atomic E-state index is 0.259. The zero-order valence-electron chi connectivity index (χ0n) is 10.8. The molecule has 0 saturated heterocycles. The van der Waals surface area contributed by atoms with E-state index in [0.717, 1.165) is 0 Å². The summed E-state index contributed by atoms with van der Waals surface area (Å²) >= 11 is 0. The van der Waals surface area contributed by atoms with Crippen LogP contribution in [0.15, 0.2) is 10.6 Å². The summed E-state index contributed by atoms with van der Waals surface area (Å²) in [6, 6.07) is 1.56. The number of esters is 1. The molecule has 0 bridgehead atoms. The number of nitrogens with two attached hydrogens (primary N) is 1. The first-order chi connectivity index (χ1) is 8.90. The number of ether oxygens (including phenoxy) is 1. The molecule has 2 heterocycles. The van der Waals surface area contributed by atoms with Crippen molar-refractivity contribution in [3.8, 4) is 0 Å². The topological polar surface area (TPSA) is 108 Å². The maximum absolute atomic E-state index is 12.0. The van der Waals surface area contributed by atoms with Gasteiger partial charge in [-0.1, -0.05) is 5.16 Å². The van der Waals surface area contributed by atoms with E-state index in [1.54, 1.807) is 19.9 Å². The van der Waals surface area contributed by atoms with Gasteiger partial charge < -0.3 is 15.0 Å². The van der Waals surface area contributed by atoms with Crippen LogP contribution in [-0.4, -0.2) is 28.1 Å². The summed E-state index contributed by atoms with van der Waals surface area (Å²) in [5.41, 5.74) is 6.69. The van der Waals surface area contributed by atoms with E-state index in [2.05, 4.69) is 10.1 Å². The number of aromatic nitrogens is 2. The number of carbonyl (C=O) groups excluding carboxylic acids is 2. The van der Waals surface area contributed by atoms with Gasteiger partial charge in [-0.25, -0.2) is 9.78 Å². The monoisotopic (exact) mass is 263 g/mol. The fourth-order valence-corrected chi connectivity index (χ4v) is 1.66. The van der Waals surface area contributed by atoms with Gasteiger partial charge in [0, 0.05) is 5.69 Å². The Labute approximate surface area is 108 Å². The van der Waals surface area contributed by atoms with Gasteiger partial charge in [-0.05, 0) is 26.8 Å².